The summed E-state index contributed by atoms with van der Waals surface area (Å²) in [6, 6.07) is 7.55. The molecule has 0 spiro atoms. The minimum atomic E-state index is -0.380. The van der Waals surface area contributed by atoms with Crippen LogP contribution in [0.3, 0.4) is 0 Å². The lowest BCUT2D eigenvalue weighted by molar-refractivity contribution is 0.0928. The molecular weight excluding hydrogens is 272 g/mol. The summed E-state index contributed by atoms with van der Waals surface area (Å²) >= 11 is 0. The number of amides is 1. The molecule has 1 heterocycles. The molecule has 0 saturated carbocycles. The molecule has 7 heteroatoms. The van der Waals surface area contributed by atoms with Gasteiger partial charge < -0.3 is 15.2 Å². The Morgan fingerprint density at radius 2 is 2.05 bits per heavy atom. The summed E-state index contributed by atoms with van der Waals surface area (Å²) in [7, 11) is 1.55. The Bertz CT molecular complexity index is 607. The first kappa shape index (κ1) is 15.1. The van der Waals surface area contributed by atoms with Gasteiger partial charge in [0.25, 0.3) is 5.91 Å². The van der Waals surface area contributed by atoms with Gasteiger partial charge in [-0.25, -0.2) is 0 Å². The summed E-state index contributed by atoms with van der Waals surface area (Å²) in [6.45, 7) is 2.41. The predicted octanol–water partition coefficient (Wildman–Crippen LogP) is 0.444. The Labute approximate surface area is 122 Å². The van der Waals surface area contributed by atoms with E-state index in [0.717, 1.165) is 11.3 Å². The van der Waals surface area contributed by atoms with Gasteiger partial charge in [0.05, 0.1) is 18.9 Å². The summed E-state index contributed by atoms with van der Waals surface area (Å²) in [5, 5.41) is 20.3. The van der Waals surface area contributed by atoms with Crippen LogP contribution in [0.1, 0.15) is 21.7 Å². The molecule has 0 bridgehead atoms. The first-order chi connectivity index (χ1) is 10.2. The smallest absolute Gasteiger partial charge is 0.273 e. The Hall–Kier alpha value is -2.25. The molecule has 1 aromatic heterocycles. The van der Waals surface area contributed by atoms with E-state index in [-0.39, 0.29) is 23.9 Å². The number of aryl methyl sites for hydroxylation is 1. The highest BCUT2D eigenvalue weighted by molar-refractivity contribution is 5.93. The van der Waals surface area contributed by atoms with Crippen molar-refractivity contribution in [2.75, 3.05) is 20.3 Å². The maximum absolute atomic E-state index is 12.0. The number of methoxy groups -OCH3 is 1. The van der Waals surface area contributed by atoms with Crippen LogP contribution < -0.4 is 5.32 Å². The average Bonchev–Trinajstić information content (AvgIpc) is 2.92. The van der Waals surface area contributed by atoms with Crippen LogP contribution in [0, 0.1) is 6.92 Å². The number of aliphatic hydroxyl groups is 1. The molecule has 7 nitrogen and oxygen atoms in total. The van der Waals surface area contributed by atoms with Gasteiger partial charge in [0.1, 0.15) is 5.69 Å². The molecule has 0 atom stereocenters. The van der Waals surface area contributed by atoms with Crippen LogP contribution in [0.2, 0.25) is 0 Å². The van der Waals surface area contributed by atoms with Gasteiger partial charge in [0, 0.05) is 13.7 Å². The van der Waals surface area contributed by atoms with Gasteiger partial charge in [-0.1, -0.05) is 17.7 Å². The third-order valence-electron chi connectivity index (χ3n) is 2.90. The van der Waals surface area contributed by atoms with Crippen molar-refractivity contribution < 1.29 is 14.6 Å². The lowest BCUT2D eigenvalue weighted by Crippen LogP contribution is -2.28. The van der Waals surface area contributed by atoms with Crippen molar-refractivity contribution in [1.82, 2.24) is 20.3 Å². The van der Waals surface area contributed by atoms with Crippen LogP contribution in [0.5, 0.6) is 0 Å². The molecule has 2 rings (SSSR count). The van der Waals surface area contributed by atoms with Crippen LogP contribution in [0.25, 0.3) is 5.69 Å². The zero-order valence-corrected chi connectivity index (χ0v) is 12.0. The summed E-state index contributed by atoms with van der Waals surface area (Å²) in [4.78, 5) is 13.3. The van der Waals surface area contributed by atoms with E-state index in [1.807, 2.05) is 31.2 Å². The maximum atomic E-state index is 12.0. The van der Waals surface area contributed by atoms with Crippen LogP contribution >= 0.6 is 0 Å². The Morgan fingerprint density at radius 1 is 1.33 bits per heavy atom. The number of hydrogen-bond acceptors (Lipinski definition) is 5. The molecule has 0 fully saturated rings. The van der Waals surface area contributed by atoms with E-state index in [1.54, 1.807) is 7.11 Å². The van der Waals surface area contributed by atoms with Gasteiger partial charge in [-0.2, -0.15) is 4.80 Å². The summed E-state index contributed by atoms with van der Waals surface area (Å²) in [5.41, 5.74) is 2.21. The molecule has 0 saturated heterocycles. The fourth-order valence-electron chi connectivity index (χ4n) is 1.76. The van der Waals surface area contributed by atoms with E-state index in [2.05, 4.69) is 15.5 Å². The molecule has 0 radical (unpaired) electrons. The Morgan fingerprint density at radius 3 is 2.67 bits per heavy atom. The molecule has 1 amide bonds. The lowest BCUT2D eigenvalue weighted by Gasteiger charge is -2.02. The monoisotopic (exact) mass is 290 g/mol. The number of benzene rings is 1. The molecule has 0 aliphatic carbocycles. The number of aromatic nitrogens is 3. The largest absolute Gasteiger partial charge is 0.390 e. The van der Waals surface area contributed by atoms with Crippen LogP contribution in [0.4, 0.5) is 0 Å². The summed E-state index contributed by atoms with van der Waals surface area (Å²) in [5.74, 6) is -0.380. The summed E-state index contributed by atoms with van der Waals surface area (Å²) in [6.07, 6.45) is 0. The number of rotatable bonds is 6. The SMILES string of the molecule is COCCNC(=O)c1nn(-c2ccc(C)cc2)nc1CO. The second-order valence-corrected chi connectivity index (χ2v) is 4.53. The molecule has 2 aromatic rings. The highest BCUT2D eigenvalue weighted by Crippen LogP contribution is 2.10. The number of carbonyl (C=O) groups excluding carboxylic acids is 1. The van der Waals surface area contributed by atoms with Crippen molar-refractivity contribution >= 4 is 5.91 Å². The number of nitrogens with zero attached hydrogens (tertiary/aromatic N) is 3. The van der Waals surface area contributed by atoms with Crippen molar-refractivity contribution in [3.05, 3.63) is 41.2 Å². The molecule has 2 N–H and O–H groups in total. The fourth-order valence-corrected chi connectivity index (χ4v) is 1.76. The third kappa shape index (κ3) is 3.65. The van der Waals surface area contributed by atoms with Crippen molar-refractivity contribution in [1.29, 1.82) is 0 Å². The minimum absolute atomic E-state index is 0.120. The second kappa shape index (κ2) is 6.96. The van der Waals surface area contributed by atoms with E-state index in [0.29, 0.717) is 13.2 Å². The third-order valence-corrected chi connectivity index (χ3v) is 2.90. The van der Waals surface area contributed by atoms with Crippen molar-refractivity contribution in [2.45, 2.75) is 13.5 Å². The normalized spacial score (nSPS) is 10.6. The molecule has 112 valence electrons. The standard InChI is InChI=1S/C14H18N4O3/c1-10-3-5-11(6-4-10)18-16-12(9-19)13(17-18)14(20)15-7-8-21-2/h3-6,19H,7-9H2,1-2H3,(H,15,20). The number of carbonyl (C=O) groups is 1. The predicted molar refractivity (Wildman–Crippen MR) is 76.2 cm³/mol. The highest BCUT2D eigenvalue weighted by Gasteiger charge is 2.18. The van der Waals surface area contributed by atoms with E-state index in [9.17, 15) is 9.90 Å². The molecular formula is C14H18N4O3. The topological polar surface area (TPSA) is 89.3 Å². The fraction of sp³-hybridized carbons (Fsp3) is 0.357. The molecule has 0 unspecified atom stereocenters. The number of ether oxygens (including phenoxy) is 1. The van der Waals surface area contributed by atoms with Crippen LogP contribution in [-0.4, -0.2) is 46.3 Å². The minimum Gasteiger partial charge on any atom is -0.390 e. The van der Waals surface area contributed by atoms with Gasteiger partial charge in [0.2, 0.25) is 0 Å². The van der Waals surface area contributed by atoms with Gasteiger partial charge in [0.15, 0.2) is 5.69 Å². The highest BCUT2D eigenvalue weighted by atomic mass is 16.5. The van der Waals surface area contributed by atoms with Gasteiger partial charge in [-0.15, -0.1) is 10.2 Å². The molecule has 21 heavy (non-hydrogen) atoms. The molecule has 0 aliphatic rings. The van der Waals surface area contributed by atoms with Gasteiger partial charge >= 0.3 is 0 Å². The molecule has 1 aromatic carbocycles. The van der Waals surface area contributed by atoms with Crippen LogP contribution in [-0.2, 0) is 11.3 Å². The second-order valence-electron chi connectivity index (χ2n) is 4.53. The summed E-state index contributed by atoms with van der Waals surface area (Å²) < 4.78 is 4.87. The zero-order chi connectivity index (χ0) is 15.2. The maximum Gasteiger partial charge on any atom is 0.273 e. The first-order valence-electron chi connectivity index (χ1n) is 6.57. The molecule has 0 aliphatic heterocycles. The number of hydrogen-bond donors (Lipinski definition) is 2. The quantitative estimate of drug-likeness (QED) is 0.754. The van der Waals surface area contributed by atoms with E-state index < -0.39 is 0 Å². The number of nitrogens with one attached hydrogen (secondary N) is 1. The lowest BCUT2D eigenvalue weighted by atomic mass is 10.2. The van der Waals surface area contributed by atoms with Crippen LogP contribution in [0.15, 0.2) is 24.3 Å². The average molecular weight is 290 g/mol. The van der Waals surface area contributed by atoms with Crippen molar-refractivity contribution in [2.24, 2.45) is 0 Å². The van der Waals surface area contributed by atoms with E-state index in [4.69, 9.17) is 4.74 Å². The Balaban J connectivity index is 2.22. The number of aliphatic hydroxyl groups excluding tert-OH is 1. The zero-order valence-electron chi connectivity index (χ0n) is 12.0. The van der Waals surface area contributed by atoms with E-state index >= 15 is 0 Å². The Kier molecular flexibility index (Phi) is 5.02. The van der Waals surface area contributed by atoms with E-state index in [1.165, 1.54) is 4.80 Å². The van der Waals surface area contributed by atoms with Gasteiger partial charge in [-0.3, -0.25) is 4.79 Å². The van der Waals surface area contributed by atoms with Crippen molar-refractivity contribution in [3.63, 3.8) is 0 Å². The van der Waals surface area contributed by atoms with Gasteiger partial charge in [-0.05, 0) is 19.1 Å². The van der Waals surface area contributed by atoms with Crippen molar-refractivity contribution in [3.8, 4) is 5.69 Å². The first-order valence-corrected chi connectivity index (χ1v) is 6.57.